The lowest BCUT2D eigenvalue weighted by molar-refractivity contribution is 0.886. The number of fused-ring (bicyclic) bond motifs is 1. The highest BCUT2D eigenvalue weighted by Crippen LogP contribution is 2.29. The van der Waals surface area contributed by atoms with Gasteiger partial charge < -0.3 is 11.1 Å². The van der Waals surface area contributed by atoms with E-state index in [1.165, 1.54) is 5.56 Å². The van der Waals surface area contributed by atoms with Crippen molar-refractivity contribution in [1.82, 2.24) is 4.98 Å². The van der Waals surface area contributed by atoms with Gasteiger partial charge in [0, 0.05) is 28.3 Å². The number of nitrogens with two attached hydrogens (primary N) is 1. The van der Waals surface area contributed by atoms with Crippen LogP contribution in [0.3, 0.4) is 0 Å². The Kier molecular flexibility index (Phi) is 3.67. The highest BCUT2D eigenvalue weighted by Gasteiger charge is 2.09. The molecule has 0 saturated heterocycles. The summed E-state index contributed by atoms with van der Waals surface area (Å²) >= 11 is 5.93. The monoisotopic (exact) mass is 297 g/mol. The van der Waals surface area contributed by atoms with Crippen molar-refractivity contribution in [2.45, 2.75) is 13.0 Å². The van der Waals surface area contributed by atoms with Gasteiger partial charge >= 0.3 is 0 Å². The molecule has 0 amide bonds. The molecule has 106 valence electrons. The molecule has 0 aliphatic rings. The third-order valence-electron chi connectivity index (χ3n) is 3.55. The lowest BCUT2D eigenvalue weighted by atomic mass is 10.1. The van der Waals surface area contributed by atoms with Crippen LogP contribution >= 0.6 is 11.6 Å². The van der Waals surface area contributed by atoms with Crippen LogP contribution in [0.1, 0.15) is 18.5 Å². The average molecular weight is 298 g/mol. The fourth-order valence-electron chi connectivity index (χ4n) is 2.38. The summed E-state index contributed by atoms with van der Waals surface area (Å²) in [5, 5.41) is 5.19. The summed E-state index contributed by atoms with van der Waals surface area (Å²) in [7, 11) is 0. The maximum atomic E-state index is 6.00. The van der Waals surface area contributed by atoms with Crippen LogP contribution in [0.25, 0.3) is 10.9 Å². The van der Waals surface area contributed by atoms with E-state index in [1.54, 1.807) is 6.20 Å². The van der Waals surface area contributed by atoms with Gasteiger partial charge in [-0.2, -0.15) is 0 Å². The fraction of sp³-hybridized carbons (Fsp3) is 0.118. The van der Waals surface area contributed by atoms with Gasteiger partial charge in [0.2, 0.25) is 0 Å². The fourth-order valence-corrected chi connectivity index (χ4v) is 2.51. The second kappa shape index (κ2) is 5.62. The molecule has 0 aliphatic heterocycles. The molecule has 0 spiro atoms. The Morgan fingerprint density at radius 1 is 1.10 bits per heavy atom. The van der Waals surface area contributed by atoms with Gasteiger partial charge in [0.15, 0.2) is 0 Å². The second-order valence-electron chi connectivity index (χ2n) is 5.02. The molecule has 0 bridgehead atoms. The number of nitrogens with one attached hydrogen (secondary N) is 1. The van der Waals surface area contributed by atoms with Gasteiger partial charge in [0.25, 0.3) is 0 Å². The molecule has 0 aliphatic carbocycles. The summed E-state index contributed by atoms with van der Waals surface area (Å²) in [5.74, 6) is 0. The number of halogens is 1. The molecule has 0 saturated carbocycles. The minimum absolute atomic E-state index is 0.149. The Hall–Kier alpha value is -2.26. The predicted octanol–water partition coefficient (Wildman–Crippen LogP) is 4.64. The van der Waals surface area contributed by atoms with Crippen molar-refractivity contribution >= 4 is 33.9 Å². The number of nitrogens with zero attached hydrogens (tertiary/aromatic N) is 1. The quantitative estimate of drug-likeness (QED) is 0.692. The van der Waals surface area contributed by atoms with E-state index < -0.39 is 0 Å². The van der Waals surface area contributed by atoms with Crippen molar-refractivity contribution in [2.24, 2.45) is 0 Å². The number of hydrogen-bond donors (Lipinski definition) is 2. The van der Waals surface area contributed by atoms with E-state index >= 15 is 0 Å². The standard InChI is InChI=1S/C17H16ClN3/c1-11(12-4-6-13(18)7-5-12)21-16-9-8-15(19)14-3-2-10-20-17(14)16/h2-11,21H,19H2,1H3. The number of benzene rings is 2. The SMILES string of the molecule is CC(Nc1ccc(N)c2cccnc12)c1ccc(Cl)cc1. The number of hydrogen-bond acceptors (Lipinski definition) is 3. The molecule has 4 heteroatoms. The van der Waals surface area contributed by atoms with E-state index in [-0.39, 0.29) is 6.04 Å². The van der Waals surface area contributed by atoms with Gasteiger partial charge in [0.1, 0.15) is 0 Å². The first-order valence-corrected chi connectivity index (χ1v) is 7.18. The molecule has 0 radical (unpaired) electrons. The molecule has 1 heterocycles. The summed E-state index contributed by atoms with van der Waals surface area (Å²) < 4.78 is 0. The zero-order valence-corrected chi connectivity index (χ0v) is 12.4. The first-order valence-electron chi connectivity index (χ1n) is 6.80. The molecule has 0 fully saturated rings. The smallest absolute Gasteiger partial charge is 0.0954 e. The van der Waals surface area contributed by atoms with Gasteiger partial charge in [0.05, 0.1) is 11.2 Å². The molecule has 3 aromatic rings. The normalized spacial score (nSPS) is 12.3. The maximum absolute atomic E-state index is 6.00. The lowest BCUT2D eigenvalue weighted by Gasteiger charge is -2.17. The maximum Gasteiger partial charge on any atom is 0.0954 e. The molecular formula is C17H16ClN3. The Morgan fingerprint density at radius 3 is 2.62 bits per heavy atom. The third-order valence-corrected chi connectivity index (χ3v) is 3.80. The van der Waals surface area contributed by atoms with E-state index in [4.69, 9.17) is 17.3 Å². The summed E-state index contributed by atoms with van der Waals surface area (Å²) in [5.41, 5.74) is 9.77. The first-order chi connectivity index (χ1) is 10.1. The first kappa shape index (κ1) is 13.7. The van der Waals surface area contributed by atoms with E-state index in [0.717, 1.165) is 27.3 Å². The Labute approximate surface area is 128 Å². The van der Waals surface area contributed by atoms with Crippen molar-refractivity contribution in [1.29, 1.82) is 0 Å². The molecular weight excluding hydrogens is 282 g/mol. The minimum atomic E-state index is 0.149. The molecule has 1 atom stereocenters. The molecule has 3 nitrogen and oxygen atoms in total. The highest BCUT2D eigenvalue weighted by molar-refractivity contribution is 6.30. The van der Waals surface area contributed by atoms with Crippen LogP contribution in [0, 0.1) is 0 Å². The van der Waals surface area contributed by atoms with Crippen molar-refractivity contribution in [2.75, 3.05) is 11.1 Å². The van der Waals surface area contributed by atoms with E-state index in [9.17, 15) is 0 Å². The summed E-state index contributed by atoms with van der Waals surface area (Å²) in [6.45, 7) is 2.11. The van der Waals surface area contributed by atoms with Gasteiger partial charge in [-0.3, -0.25) is 4.98 Å². The highest BCUT2D eigenvalue weighted by atomic mass is 35.5. The lowest BCUT2D eigenvalue weighted by Crippen LogP contribution is -2.07. The van der Waals surface area contributed by atoms with Gasteiger partial charge in [-0.25, -0.2) is 0 Å². The van der Waals surface area contributed by atoms with Crippen LogP contribution < -0.4 is 11.1 Å². The molecule has 2 aromatic carbocycles. The summed E-state index contributed by atoms with van der Waals surface area (Å²) in [4.78, 5) is 4.44. The predicted molar refractivity (Wildman–Crippen MR) is 89.6 cm³/mol. The van der Waals surface area contributed by atoms with Crippen LogP contribution in [0.5, 0.6) is 0 Å². The van der Waals surface area contributed by atoms with Gasteiger partial charge in [-0.15, -0.1) is 0 Å². The largest absolute Gasteiger partial charge is 0.398 e. The molecule has 1 aromatic heterocycles. The zero-order valence-electron chi connectivity index (χ0n) is 11.7. The Morgan fingerprint density at radius 2 is 1.86 bits per heavy atom. The average Bonchev–Trinajstić information content (AvgIpc) is 2.51. The summed E-state index contributed by atoms with van der Waals surface area (Å²) in [6.07, 6.45) is 1.78. The van der Waals surface area contributed by atoms with Crippen LogP contribution in [-0.4, -0.2) is 4.98 Å². The topological polar surface area (TPSA) is 50.9 Å². The number of anilines is 2. The van der Waals surface area contributed by atoms with E-state index in [2.05, 4.69) is 17.2 Å². The molecule has 3 N–H and O–H groups in total. The van der Waals surface area contributed by atoms with Crippen molar-refractivity contribution in [3.05, 3.63) is 65.3 Å². The van der Waals surface area contributed by atoms with Crippen molar-refractivity contribution in [3.63, 3.8) is 0 Å². The van der Waals surface area contributed by atoms with Gasteiger partial charge in [-0.1, -0.05) is 23.7 Å². The van der Waals surface area contributed by atoms with E-state index in [1.807, 2.05) is 48.5 Å². The number of nitrogen functional groups attached to an aromatic ring is 1. The summed E-state index contributed by atoms with van der Waals surface area (Å²) in [6, 6.07) is 15.7. The van der Waals surface area contributed by atoms with Crippen LogP contribution in [0.2, 0.25) is 5.02 Å². The zero-order chi connectivity index (χ0) is 14.8. The van der Waals surface area contributed by atoms with Gasteiger partial charge in [-0.05, 0) is 48.9 Å². The van der Waals surface area contributed by atoms with Crippen molar-refractivity contribution in [3.8, 4) is 0 Å². The molecule has 3 rings (SSSR count). The van der Waals surface area contributed by atoms with E-state index in [0.29, 0.717) is 0 Å². The molecule has 21 heavy (non-hydrogen) atoms. The van der Waals surface area contributed by atoms with Crippen LogP contribution in [-0.2, 0) is 0 Å². The second-order valence-corrected chi connectivity index (χ2v) is 5.46. The van der Waals surface area contributed by atoms with Crippen LogP contribution in [0.15, 0.2) is 54.7 Å². The Bertz CT molecular complexity index is 769. The third kappa shape index (κ3) is 2.78. The van der Waals surface area contributed by atoms with Crippen LogP contribution in [0.4, 0.5) is 11.4 Å². The van der Waals surface area contributed by atoms with Crippen molar-refractivity contribution < 1.29 is 0 Å². The number of aromatic nitrogens is 1. The molecule has 1 unspecified atom stereocenters. The Balaban J connectivity index is 1.95. The number of pyridine rings is 1. The minimum Gasteiger partial charge on any atom is -0.398 e. The number of rotatable bonds is 3.